The number of esters is 2. The molecule has 10 heteroatoms. The number of alkyl carbamates (subject to hydrolysis) is 1. The zero-order valence-corrected chi connectivity index (χ0v) is 30.6. The molecule has 1 amide bonds. The van der Waals surface area contributed by atoms with E-state index in [-0.39, 0.29) is 25.0 Å². The quantitative estimate of drug-likeness (QED) is 0.109. The molecule has 1 aromatic rings. The summed E-state index contributed by atoms with van der Waals surface area (Å²) in [4.78, 5) is 43.5. The van der Waals surface area contributed by atoms with Crippen LogP contribution < -0.4 is 5.32 Å². The summed E-state index contributed by atoms with van der Waals surface area (Å²) in [5.41, 5.74) is 1.77. The lowest BCUT2D eigenvalue weighted by molar-refractivity contribution is -0.148. The van der Waals surface area contributed by atoms with Gasteiger partial charge in [0.15, 0.2) is 0 Å². The Hall–Kier alpha value is -2.95. The topological polar surface area (TPSA) is 101 Å². The molecule has 0 aliphatic carbocycles. The van der Waals surface area contributed by atoms with Crippen LogP contribution in [0.15, 0.2) is 30.3 Å². The molecule has 0 fully saturated rings. The number of nitrogens with zero attached hydrogens (tertiary/aromatic N) is 3. The van der Waals surface area contributed by atoms with Gasteiger partial charge in [-0.15, -0.1) is 0 Å². The first-order chi connectivity index (χ1) is 22.4. The fourth-order valence-electron chi connectivity index (χ4n) is 5.33. The van der Waals surface area contributed by atoms with Crippen molar-refractivity contribution in [1.29, 1.82) is 0 Å². The Morgan fingerprint density at radius 3 is 1.83 bits per heavy atom. The highest BCUT2D eigenvalue weighted by atomic mass is 16.6. The summed E-state index contributed by atoms with van der Waals surface area (Å²) < 4.78 is 15.7. The maximum Gasteiger partial charge on any atom is 0.407 e. The average molecular weight is 661 g/mol. The van der Waals surface area contributed by atoms with Crippen LogP contribution in [0.4, 0.5) is 4.79 Å². The van der Waals surface area contributed by atoms with Gasteiger partial charge in [-0.2, -0.15) is 0 Å². The summed E-state index contributed by atoms with van der Waals surface area (Å²) in [7, 11) is 0. The Balaban J connectivity index is 2.93. The number of ether oxygens (including phenoxy) is 3. The van der Waals surface area contributed by atoms with Gasteiger partial charge < -0.3 is 24.4 Å². The van der Waals surface area contributed by atoms with E-state index in [2.05, 4.69) is 72.3 Å². The van der Waals surface area contributed by atoms with Gasteiger partial charge in [0.2, 0.25) is 0 Å². The third-order valence-corrected chi connectivity index (χ3v) is 7.57. The zero-order chi connectivity index (χ0) is 35.1. The van der Waals surface area contributed by atoms with E-state index >= 15 is 0 Å². The molecule has 0 saturated carbocycles. The highest BCUT2D eigenvalue weighted by Gasteiger charge is 2.21. The normalized spacial score (nSPS) is 12.6. The minimum Gasteiger partial charge on any atom is -0.465 e. The molecule has 1 unspecified atom stereocenters. The van der Waals surface area contributed by atoms with Crippen molar-refractivity contribution in [3.05, 3.63) is 41.5 Å². The molecule has 1 atom stereocenters. The molecule has 0 bridgehead atoms. The molecule has 0 radical (unpaired) electrons. The predicted molar refractivity (Wildman–Crippen MR) is 190 cm³/mol. The monoisotopic (exact) mass is 660 g/mol. The van der Waals surface area contributed by atoms with Crippen molar-refractivity contribution in [2.75, 3.05) is 72.1 Å². The molecule has 0 aromatic heterocycles. The number of benzene rings is 1. The molecular weight excluding hydrogens is 596 g/mol. The van der Waals surface area contributed by atoms with Crippen molar-refractivity contribution in [2.45, 2.75) is 99.1 Å². The van der Waals surface area contributed by atoms with Crippen LogP contribution in [0.5, 0.6) is 0 Å². The first-order valence-corrected chi connectivity index (χ1v) is 17.7. The molecule has 0 saturated heterocycles. The number of carbonyl (C=O) groups excluding carboxylic acids is 3. The van der Waals surface area contributed by atoms with Crippen molar-refractivity contribution in [3.63, 3.8) is 0 Å². The maximum absolute atomic E-state index is 12.3. The Labute approximate surface area is 285 Å². The predicted octanol–water partition coefficient (Wildman–Crippen LogP) is 5.79. The fraction of sp³-hybridized carbons (Fsp3) is 0.703. The van der Waals surface area contributed by atoms with Gasteiger partial charge in [0.25, 0.3) is 0 Å². The molecule has 0 aliphatic rings. The SMILES string of the molecule is CCCN(CCC)CCN(CCN(CC(=O)OCC)CC(=O)OCC)C(CC)CC=Cc1ccc(CCNC(=O)OC(C)(C)C)cc1. The van der Waals surface area contributed by atoms with Crippen LogP contribution in [0.1, 0.15) is 92.2 Å². The van der Waals surface area contributed by atoms with E-state index in [4.69, 9.17) is 14.2 Å². The van der Waals surface area contributed by atoms with E-state index in [1.165, 1.54) is 0 Å². The lowest BCUT2D eigenvalue weighted by Crippen LogP contribution is -2.46. The molecular formula is C37H64N4O6. The molecule has 0 aliphatic heterocycles. The minimum absolute atomic E-state index is 0.0576. The van der Waals surface area contributed by atoms with Crippen molar-refractivity contribution >= 4 is 24.1 Å². The van der Waals surface area contributed by atoms with Crippen LogP contribution in [-0.4, -0.2) is 116 Å². The molecule has 1 aromatic carbocycles. The molecule has 268 valence electrons. The van der Waals surface area contributed by atoms with Gasteiger partial charge in [0, 0.05) is 38.8 Å². The van der Waals surface area contributed by atoms with Gasteiger partial charge in [-0.05, 0) is 90.9 Å². The second kappa shape index (κ2) is 24.2. The van der Waals surface area contributed by atoms with Crippen molar-refractivity contribution in [3.8, 4) is 0 Å². The highest BCUT2D eigenvalue weighted by Crippen LogP contribution is 2.14. The second-order valence-corrected chi connectivity index (χ2v) is 12.8. The lowest BCUT2D eigenvalue weighted by atomic mass is 10.1. The van der Waals surface area contributed by atoms with E-state index in [0.29, 0.717) is 32.3 Å². The summed E-state index contributed by atoms with van der Waals surface area (Å²) in [5.74, 6) is -0.665. The number of hydrogen-bond acceptors (Lipinski definition) is 9. The summed E-state index contributed by atoms with van der Waals surface area (Å²) in [6, 6.07) is 8.71. The third kappa shape index (κ3) is 20.1. The smallest absolute Gasteiger partial charge is 0.407 e. The van der Waals surface area contributed by atoms with Crippen molar-refractivity contribution in [1.82, 2.24) is 20.0 Å². The van der Waals surface area contributed by atoms with Gasteiger partial charge >= 0.3 is 18.0 Å². The fourth-order valence-corrected chi connectivity index (χ4v) is 5.33. The molecule has 1 rings (SSSR count). The molecule has 0 spiro atoms. The maximum atomic E-state index is 12.3. The molecule has 10 nitrogen and oxygen atoms in total. The zero-order valence-electron chi connectivity index (χ0n) is 30.6. The van der Waals surface area contributed by atoms with Gasteiger partial charge in [-0.3, -0.25) is 19.4 Å². The number of nitrogens with one attached hydrogen (secondary N) is 1. The Kier molecular flexibility index (Phi) is 21.7. The first-order valence-electron chi connectivity index (χ1n) is 17.7. The van der Waals surface area contributed by atoms with Crippen LogP contribution >= 0.6 is 0 Å². The Bertz CT molecular complexity index is 1010. The lowest BCUT2D eigenvalue weighted by Gasteiger charge is -2.34. The number of hydrogen-bond donors (Lipinski definition) is 1. The highest BCUT2D eigenvalue weighted by molar-refractivity contribution is 5.75. The summed E-state index contributed by atoms with van der Waals surface area (Å²) in [5, 5.41) is 2.81. The van der Waals surface area contributed by atoms with Crippen molar-refractivity contribution < 1.29 is 28.6 Å². The molecule has 47 heavy (non-hydrogen) atoms. The third-order valence-electron chi connectivity index (χ3n) is 7.57. The number of amides is 1. The van der Waals surface area contributed by atoms with Gasteiger partial charge in [-0.25, -0.2) is 4.79 Å². The van der Waals surface area contributed by atoms with E-state index in [9.17, 15) is 14.4 Å². The standard InChI is InChI=1S/C37H64N4O6/c1-9-23-39(24-10-2)25-27-41(28-26-40(29-34(42)45-12-4)30-35(43)46-13-5)33(11-3)16-14-15-31-17-19-32(20-18-31)21-22-38-36(44)47-37(6,7)8/h14-15,17-20,33H,9-13,16,21-30H2,1-8H3,(H,38,44). The van der Waals surface area contributed by atoms with E-state index in [1.807, 2.05) is 25.7 Å². The van der Waals surface area contributed by atoms with Crippen LogP contribution in [0.2, 0.25) is 0 Å². The largest absolute Gasteiger partial charge is 0.465 e. The van der Waals surface area contributed by atoms with Gasteiger partial charge in [-0.1, -0.05) is 57.2 Å². The van der Waals surface area contributed by atoms with Crippen LogP contribution in [-0.2, 0) is 30.2 Å². The van der Waals surface area contributed by atoms with E-state index < -0.39 is 11.7 Å². The summed E-state index contributed by atoms with van der Waals surface area (Å²) in [6.07, 6.45) is 8.83. The average Bonchev–Trinajstić information content (AvgIpc) is 3.00. The van der Waals surface area contributed by atoms with Crippen molar-refractivity contribution in [2.24, 2.45) is 0 Å². The molecule has 0 heterocycles. The van der Waals surface area contributed by atoms with Crippen LogP contribution in [0, 0.1) is 0 Å². The van der Waals surface area contributed by atoms with Gasteiger partial charge in [0.1, 0.15) is 5.60 Å². The summed E-state index contributed by atoms with van der Waals surface area (Å²) >= 11 is 0. The van der Waals surface area contributed by atoms with E-state index in [0.717, 1.165) is 76.0 Å². The van der Waals surface area contributed by atoms with E-state index in [1.54, 1.807) is 13.8 Å². The Morgan fingerprint density at radius 1 is 0.787 bits per heavy atom. The first kappa shape index (κ1) is 42.1. The summed E-state index contributed by atoms with van der Waals surface area (Å²) in [6.45, 7) is 22.3. The molecule has 1 N–H and O–H groups in total. The van der Waals surface area contributed by atoms with Crippen LogP contribution in [0.25, 0.3) is 6.08 Å². The van der Waals surface area contributed by atoms with Gasteiger partial charge in [0.05, 0.1) is 26.3 Å². The number of rotatable bonds is 24. The Morgan fingerprint density at radius 2 is 1.34 bits per heavy atom. The van der Waals surface area contributed by atoms with Crippen LogP contribution in [0.3, 0.4) is 0 Å². The number of carbonyl (C=O) groups is 3. The minimum atomic E-state index is -0.509. The second-order valence-electron chi connectivity index (χ2n) is 12.8.